The lowest BCUT2D eigenvalue weighted by Crippen LogP contribution is -2.53. The highest BCUT2D eigenvalue weighted by Crippen LogP contribution is 2.20. The van der Waals surface area contributed by atoms with Crippen LogP contribution in [0.2, 0.25) is 0 Å². The van der Waals surface area contributed by atoms with Crippen LogP contribution < -0.4 is 5.32 Å². The standard InChI is InChI=1S/C12H24N2O/c1-12(2)10-15-9-8-14(12)7-5-11-4-3-6-13-11/h11,13H,3-10H2,1-2H3. The van der Waals surface area contributed by atoms with Gasteiger partial charge < -0.3 is 10.1 Å². The van der Waals surface area contributed by atoms with Gasteiger partial charge in [-0.05, 0) is 39.7 Å². The molecule has 2 saturated heterocycles. The molecular weight excluding hydrogens is 188 g/mol. The molecule has 0 aliphatic carbocycles. The van der Waals surface area contributed by atoms with Crippen molar-refractivity contribution in [3.63, 3.8) is 0 Å². The van der Waals surface area contributed by atoms with E-state index >= 15 is 0 Å². The summed E-state index contributed by atoms with van der Waals surface area (Å²) in [4.78, 5) is 2.58. The minimum Gasteiger partial charge on any atom is -0.378 e. The molecule has 0 aromatic heterocycles. The summed E-state index contributed by atoms with van der Waals surface area (Å²) in [5, 5.41) is 3.57. The molecule has 2 aliphatic heterocycles. The van der Waals surface area contributed by atoms with E-state index < -0.39 is 0 Å². The van der Waals surface area contributed by atoms with Gasteiger partial charge in [0.25, 0.3) is 0 Å². The van der Waals surface area contributed by atoms with Crippen LogP contribution in [0.4, 0.5) is 0 Å². The maximum Gasteiger partial charge on any atom is 0.0645 e. The van der Waals surface area contributed by atoms with E-state index in [2.05, 4.69) is 24.1 Å². The second-order valence-electron chi connectivity index (χ2n) is 5.43. The van der Waals surface area contributed by atoms with Crippen molar-refractivity contribution in [1.29, 1.82) is 0 Å². The van der Waals surface area contributed by atoms with Crippen molar-refractivity contribution in [3.05, 3.63) is 0 Å². The van der Waals surface area contributed by atoms with Crippen LogP contribution in [0.25, 0.3) is 0 Å². The maximum atomic E-state index is 5.53. The molecule has 2 aliphatic rings. The van der Waals surface area contributed by atoms with Crippen molar-refractivity contribution in [3.8, 4) is 0 Å². The number of nitrogens with one attached hydrogen (secondary N) is 1. The van der Waals surface area contributed by atoms with Gasteiger partial charge in [-0.15, -0.1) is 0 Å². The van der Waals surface area contributed by atoms with Crippen LogP contribution in [0.3, 0.4) is 0 Å². The molecule has 0 saturated carbocycles. The van der Waals surface area contributed by atoms with Crippen LogP contribution in [0, 0.1) is 0 Å². The quantitative estimate of drug-likeness (QED) is 0.762. The Labute approximate surface area is 93.2 Å². The highest BCUT2D eigenvalue weighted by Gasteiger charge is 2.30. The molecule has 0 bridgehead atoms. The summed E-state index contributed by atoms with van der Waals surface area (Å²) in [6.45, 7) is 9.89. The average Bonchev–Trinajstić information content (AvgIpc) is 2.68. The van der Waals surface area contributed by atoms with E-state index in [4.69, 9.17) is 4.74 Å². The first-order valence-corrected chi connectivity index (χ1v) is 6.25. The normalized spacial score (nSPS) is 32.0. The third kappa shape index (κ3) is 2.92. The molecule has 1 atom stereocenters. The van der Waals surface area contributed by atoms with Crippen LogP contribution >= 0.6 is 0 Å². The summed E-state index contributed by atoms with van der Waals surface area (Å²) in [5.41, 5.74) is 0.233. The molecule has 1 N–H and O–H groups in total. The van der Waals surface area contributed by atoms with Crippen molar-refractivity contribution >= 4 is 0 Å². The molecule has 3 heteroatoms. The second kappa shape index (κ2) is 4.81. The van der Waals surface area contributed by atoms with Crippen LogP contribution in [0.5, 0.6) is 0 Å². The van der Waals surface area contributed by atoms with Gasteiger partial charge in [0.2, 0.25) is 0 Å². The number of hydrogen-bond acceptors (Lipinski definition) is 3. The summed E-state index contributed by atoms with van der Waals surface area (Å²) in [5.74, 6) is 0. The molecule has 15 heavy (non-hydrogen) atoms. The zero-order chi connectivity index (χ0) is 10.7. The van der Waals surface area contributed by atoms with Gasteiger partial charge in [0, 0.05) is 24.7 Å². The highest BCUT2D eigenvalue weighted by atomic mass is 16.5. The van der Waals surface area contributed by atoms with E-state index in [0.29, 0.717) is 0 Å². The van der Waals surface area contributed by atoms with Gasteiger partial charge in [0.05, 0.1) is 13.2 Å². The molecule has 0 aromatic carbocycles. The summed E-state index contributed by atoms with van der Waals surface area (Å²) in [6.07, 6.45) is 4.02. The fourth-order valence-corrected chi connectivity index (χ4v) is 2.62. The fraction of sp³-hybridized carbons (Fsp3) is 1.00. The Bertz CT molecular complexity index is 200. The third-order valence-electron chi connectivity index (χ3n) is 3.73. The highest BCUT2D eigenvalue weighted by molar-refractivity contribution is 4.86. The van der Waals surface area contributed by atoms with Crippen LogP contribution in [-0.2, 0) is 4.74 Å². The molecule has 0 radical (unpaired) electrons. The van der Waals surface area contributed by atoms with Gasteiger partial charge in [-0.1, -0.05) is 0 Å². The minimum atomic E-state index is 0.233. The van der Waals surface area contributed by atoms with Gasteiger partial charge in [-0.3, -0.25) is 4.90 Å². The topological polar surface area (TPSA) is 24.5 Å². The Morgan fingerprint density at radius 1 is 1.47 bits per heavy atom. The zero-order valence-electron chi connectivity index (χ0n) is 10.1. The average molecular weight is 212 g/mol. The molecule has 3 nitrogen and oxygen atoms in total. The predicted molar refractivity (Wildman–Crippen MR) is 62.1 cm³/mol. The maximum absolute atomic E-state index is 5.53. The Morgan fingerprint density at radius 2 is 2.33 bits per heavy atom. The number of hydrogen-bond donors (Lipinski definition) is 1. The predicted octanol–water partition coefficient (Wildman–Crippen LogP) is 1.24. The first-order valence-electron chi connectivity index (χ1n) is 6.25. The summed E-state index contributed by atoms with van der Waals surface area (Å²) in [7, 11) is 0. The van der Waals surface area contributed by atoms with Crippen LogP contribution in [-0.4, -0.2) is 49.3 Å². The SMILES string of the molecule is CC1(C)COCCN1CCC1CCCN1. The van der Waals surface area contributed by atoms with Gasteiger partial charge in [0.15, 0.2) is 0 Å². The molecular formula is C12H24N2O. The fourth-order valence-electron chi connectivity index (χ4n) is 2.62. The van der Waals surface area contributed by atoms with E-state index in [-0.39, 0.29) is 5.54 Å². The zero-order valence-corrected chi connectivity index (χ0v) is 10.1. The second-order valence-corrected chi connectivity index (χ2v) is 5.43. The van der Waals surface area contributed by atoms with Crippen molar-refractivity contribution in [2.24, 2.45) is 0 Å². The number of rotatable bonds is 3. The lowest BCUT2D eigenvalue weighted by molar-refractivity contribution is -0.0519. The van der Waals surface area contributed by atoms with Gasteiger partial charge in [-0.2, -0.15) is 0 Å². The number of nitrogens with zero attached hydrogens (tertiary/aromatic N) is 1. The molecule has 88 valence electrons. The van der Waals surface area contributed by atoms with Gasteiger partial charge in [0.1, 0.15) is 0 Å². The monoisotopic (exact) mass is 212 g/mol. The lowest BCUT2D eigenvalue weighted by Gasteiger charge is -2.42. The van der Waals surface area contributed by atoms with Crippen molar-refractivity contribution in [2.45, 2.75) is 44.7 Å². The Balaban J connectivity index is 1.76. The molecule has 0 amide bonds. The Morgan fingerprint density at radius 3 is 3.00 bits per heavy atom. The van der Waals surface area contributed by atoms with E-state index in [1.54, 1.807) is 0 Å². The van der Waals surface area contributed by atoms with Crippen molar-refractivity contribution < 1.29 is 4.74 Å². The summed E-state index contributed by atoms with van der Waals surface area (Å²) >= 11 is 0. The number of ether oxygens (including phenoxy) is 1. The van der Waals surface area contributed by atoms with E-state index in [9.17, 15) is 0 Å². The van der Waals surface area contributed by atoms with E-state index in [1.165, 1.54) is 32.4 Å². The van der Waals surface area contributed by atoms with Gasteiger partial charge in [-0.25, -0.2) is 0 Å². The van der Waals surface area contributed by atoms with E-state index in [1.807, 2.05) is 0 Å². The minimum absolute atomic E-state index is 0.233. The summed E-state index contributed by atoms with van der Waals surface area (Å²) in [6, 6.07) is 0.767. The van der Waals surface area contributed by atoms with Crippen LogP contribution in [0.15, 0.2) is 0 Å². The Hall–Kier alpha value is -0.120. The first-order chi connectivity index (χ1) is 7.18. The van der Waals surface area contributed by atoms with E-state index in [0.717, 1.165) is 25.8 Å². The molecule has 2 rings (SSSR count). The molecule has 2 heterocycles. The molecule has 0 spiro atoms. The molecule has 2 fully saturated rings. The largest absolute Gasteiger partial charge is 0.378 e. The first kappa shape index (κ1) is 11.4. The smallest absolute Gasteiger partial charge is 0.0645 e. The summed E-state index contributed by atoms with van der Waals surface area (Å²) < 4.78 is 5.53. The molecule has 1 unspecified atom stereocenters. The number of morpholine rings is 1. The van der Waals surface area contributed by atoms with Crippen molar-refractivity contribution in [2.75, 3.05) is 32.8 Å². The Kier molecular flexibility index (Phi) is 3.65. The van der Waals surface area contributed by atoms with Crippen LogP contribution in [0.1, 0.15) is 33.1 Å². The van der Waals surface area contributed by atoms with Gasteiger partial charge >= 0.3 is 0 Å². The molecule has 0 aromatic rings. The van der Waals surface area contributed by atoms with Crippen molar-refractivity contribution in [1.82, 2.24) is 10.2 Å². The third-order valence-corrected chi connectivity index (χ3v) is 3.73. The lowest BCUT2D eigenvalue weighted by atomic mass is 10.0.